The maximum atomic E-state index is 3.40. The monoisotopic (exact) mass is 200 g/mol. The van der Waals surface area contributed by atoms with Crippen LogP contribution < -0.4 is 5.32 Å². The van der Waals surface area contributed by atoms with E-state index in [1.807, 2.05) is 13.8 Å². The highest BCUT2D eigenvalue weighted by Crippen LogP contribution is 2.19. The SMILES string of the molecule is CC.CCCC1CCCN1CNCC. The van der Waals surface area contributed by atoms with Crippen molar-refractivity contribution in [1.29, 1.82) is 0 Å². The van der Waals surface area contributed by atoms with E-state index >= 15 is 0 Å². The molecule has 2 heteroatoms. The third-order valence-corrected chi connectivity index (χ3v) is 2.69. The van der Waals surface area contributed by atoms with Gasteiger partial charge in [-0.15, -0.1) is 0 Å². The van der Waals surface area contributed by atoms with E-state index in [0.717, 1.165) is 19.3 Å². The average molecular weight is 200 g/mol. The summed E-state index contributed by atoms with van der Waals surface area (Å²) < 4.78 is 0. The van der Waals surface area contributed by atoms with Crippen molar-refractivity contribution < 1.29 is 0 Å². The first-order valence-corrected chi connectivity index (χ1v) is 6.33. The van der Waals surface area contributed by atoms with E-state index in [1.165, 1.54) is 32.2 Å². The average Bonchev–Trinajstić information content (AvgIpc) is 2.66. The first kappa shape index (κ1) is 13.9. The summed E-state index contributed by atoms with van der Waals surface area (Å²) in [5.41, 5.74) is 0. The Labute approximate surface area is 90.1 Å². The minimum atomic E-state index is 0.869. The van der Waals surface area contributed by atoms with Crippen LogP contribution in [-0.2, 0) is 0 Å². The Bertz CT molecular complexity index is 115. The molecule has 1 aliphatic rings. The zero-order valence-electron chi connectivity index (χ0n) is 10.5. The van der Waals surface area contributed by atoms with Crippen LogP contribution in [0.15, 0.2) is 0 Å². The van der Waals surface area contributed by atoms with Gasteiger partial charge in [-0.05, 0) is 32.4 Å². The number of hydrogen-bond donors (Lipinski definition) is 1. The molecule has 0 aromatic carbocycles. The minimum absolute atomic E-state index is 0.869. The van der Waals surface area contributed by atoms with Crippen molar-refractivity contribution in [2.45, 2.75) is 59.4 Å². The van der Waals surface area contributed by atoms with Crippen LogP contribution in [0.25, 0.3) is 0 Å². The molecule has 1 heterocycles. The molecule has 1 aliphatic heterocycles. The molecule has 1 unspecified atom stereocenters. The van der Waals surface area contributed by atoms with Crippen molar-refractivity contribution in [3.8, 4) is 0 Å². The van der Waals surface area contributed by atoms with Crippen LogP contribution in [-0.4, -0.2) is 30.7 Å². The second-order valence-electron chi connectivity index (χ2n) is 3.66. The molecule has 0 aromatic heterocycles. The Hall–Kier alpha value is -0.0800. The fourth-order valence-electron chi connectivity index (χ4n) is 2.02. The molecule has 0 saturated carbocycles. The topological polar surface area (TPSA) is 15.3 Å². The lowest BCUT2D eigenvalue weighted by atomic mass is 10.1. The van der Waals surface area contributed by atoms with Crippen LogP contribution in [0.3, 0.4) is 0 Å². The third kappa shape index (κ3) is 4.97. The predicted octanol–water partition coefficient (Wildman–Crippen LogP) is 2.84. The molecule has 2 nitrogen and oxygen atoms in total. The Morgan fingerprint density at radius 3 is 2.57 bits per heavy atom. The summed E-state index contributed by atoms with van der Waals surface area (Å²) in [6, 6.07) is 0.869. The highest BCUT2D eigenvalue weighted by Gasteiger charge is 2.22. The fraction of sp³-hybridized carbons (Fsp3) is 1.00. The quantitative estimate of drug-likeness (QED) is 0.734. The summed E-state index contributed by atoms with van der Waals surface area (Å²) in [7, 11) is 0. The summed E-state index contributed by atoms with van der Waals surface area (Å²) >= 11 is 0. The maximum absolute atomic E-state index is 3.40. The van der Waals surface area contributed by atoms with Crippen molar-refractivity contribution in [2.75, 3.05) is 19.8 Å². The van der Waals surface area contributed by atoms with Gasteiger partial charge in [0.25, 0.3) is 0 Å². The smallest absolute Gasteiger partial charge is 0.0483 e. The van der Waals surface area contributed by atoms with E-state index in [9.17, 15) is 0 Å². The van der Waals surface area contributed by atoms with E-state index in [-0.39, 0.29) is 0 Å². The van der Waals surface area contributed by atoms with Gasteiger partial charge in [-0.3, -0.25) is 4.90 Å². The van der Waals surface area contributed by atoms with Gasteiger partial charge in [0.1, 0.15) is 0 Å². The Balaban J connectivity index is 0.000000791. The molecular formula is C12H28N2. The first-order chi connectivity index (χ1) is 6.88. The number of rotatable bonds is 5. The molecule has 1 rings (SSSR count). The lowest BCUT2D eigenvalue weighted by molar-refractivity contribution is 0.225. The number of likely N-dealkylation sites (tertiary alicyclic amines) is 1. The van der Waals surface area contributed by atoms with Crippen LogP contribution >= 0.6 is 0 Å². The molecule has 0 spiro atoms. The summed E-state index contributed by atoms with van der Waals surface area (Å²) in [4.78, 5) is 2.59. The minimum Gasteiger partial charge on any atom is -0.305 e. The lowest BCUT2D eigenvalue weighted by Crippen LogP contribution is -2.37. The number of nitrogens with zero attached hydrogens (tertiary/aromatic N) is 1. The standard InChI is InChI=1S/C10H22N2.C2H6/c1-3-6-10-7-5-8-12(10)9-11-4-2;1-2/h10-11H,3-9H2,1-2H3;1-2H3. The molecule has 0 aliphatic carbocycles. The molecular weight excluding hydrogens is 172 g/mol. The van der Waals surface area contributed by atoms with Crippen molar-refractivity contribution in [3.63, 3.8) is 0 Å². The molecule has 0 aromatic rings. The Kier molecular flexibility index (Phi) is 9.42. The molecule has 0 radical (unpaired) electrons. The Morgan fingerprint density at radius 1 is 1.29 bits per heavy atom. The van der Waals surface area contributed by atoms with Gasteiger partial charge in [-0.2, -0.15) is 0 Å². The van der Waals surface area contributed by atoms with Gasteiger partial charge in [0.2, 0.25) is 0 Å². The molecule has 1 fully saturated rings. The summed E-state index contributed by atoms with van der Waals surface area (Å²) in [5, 5.41) is 3.40. The zero-order chi connectivity index (χ0) is 10.8. The van der Waals surface area contributed by atoms with Gasteiger partial charge in [-0.1, -0.05) is 34.1 Å². The van der Waals surface area contributed by atoms with Crippen LogP contribution in [0.4, 0.5) is 0 Å². The van der Waals surface area contributed by atoms with Gasteiger partial charge >= 0.3 is 0 Å². The zero-order valence-corrected chi connectivity index (χ0v) is 10.5. The largest absolute Gasteiger partial charge is 0.305 e. The van der Waals surface area contributed by atoms with E-state index in [0.29, 0.717) is 0 Å². The normalized spacial score (nSPS) is 21.9. The summed E-state index contributed by atoms with van der Waals surface area (Å²) in [5.74, 6) is 0. The molecule has 1 saturated heterocycles. The second-order valence-corrected chi connectivity index (χ2v) is 3.66. The van der Waals surface area contributed by atoms with Crippen LogP contribution in [0.5, 0.6) is 0 Å². The molecule has 0 amide bonds. The van der Waals surface area contributed by atoms with Gasteiger partial charge in [0.05, 0.1) is 0 Å². The van der Waals surface area contributed by atoms with Crippen molar-refractivity contribution >= 4 is 0 Å². The first-order valence-electron chi connectivity index (χ1n) is 6.33. The number of nitrogens with one attached hydrogen (secondary N) is 1. The molecule has 0 bridgehead atoms. The molecule has 14 heavy (non-hydrogen) atoms. The highest BCUT2D eigenvalue weighted by atomic mass is 15.3. The van der Waals surface area contributed by atoms with Gasteiger partial charge in [0, 0.05) is 12.7 Å². The van der Waals surface area contributed by atoms with E-state index in [1.54, 1.807) is 0 Å². The van der Waals surface area contributed by atoms with E-state index < -0.39 is 0 Å². The lowest BCUT2D eigenvalue weighted by Gasteiger charge is -2.23. The van der Waals surface area contributed by atoms with Crippen LogP contribution in [0, 0.1) is 0 Å². The van der Waals surface area contributed by atoms with E-state index in [4.69, 9.17) is 0 Å². The third-order valence-electron chi connectivity index (χ3n) is 2.69. The van der Waals surface area contributed by atoms with Gasteiger partial charge in [-0.25, -0.2) is 0 Å². The van der Waals surface area contributed by atoms with Crippen molar-refractivity contribution in [1.82, 2.24) is 10.2 Å². The number of hydrogen-bond acceptors (Lipinski definition) is 2. The van der Waals surface area contributed by atoms with Crippen LogP contribution in [0.1, 0.15) is 53.4 Å². The van der Waals surface area contributed by atoms with E-state index in [2.05, 4.69) is 24.1 Å². The van der Waals surface area contributed by atoms with Crippen molar-refractivity contribution in [3.05, 3.63) is 0 Å². The summed E-state index contributed by atoms with van der Waals surface area (Å²) in [6.45, 7) is 11.9. The predicted molar refractivity (Wildman–Crippen MR) is 64.5 cm³/mol. The van der Waals surface area contributed by atoms with Crippen molar-refractivity contribution in [2.24, 2.45) is 0 Å². The van der Waals surface area contributed by atoms with Crippen LogP contribution in [0.2, 0.25) is 0 Å². The highest BCUT2D eigenvalue weighted by molar-refractivity contribution is 4.77. The molecule has 1 atom stereocenters. The maximum Gasteiger partial charge on any atom is 0.0483 e. The Morgan fingerprint density at radius 2 is 2.00 bits per heavy atom. The van der Waals surface area contributed by atoms with Gasteiger partial charge in [0.15, 0.2) is 0 Å². The molecule has 86 valence electrons. The molecule has 1 N–H and O–H groups in total. The summed E-state index contributed by atoms with van der Waals surface area (Å²) in [6.07, 6.45) is 5.52. The van der Waals surface area contributed by atoms with Gasteiger partial charge < -0.3 is 5.32 Å². The second kappa shape index (κ2) is 9.47. The fourth-order valence-corrected chi connectivity index (χ4v) is 2.02.